The maximum atomic E-state index is 5.32. The summed E-state index contributed by atoms with van der Waals surface area (Å²) in [6, 6.07) is 8.41. The Bertz CT molecular complexity index is 503. The molecule has 2 aromatic rings. The molecule has 2 rings (SSSR count). The van der Waals surface area contributed by atoms with Crippen molar-refractivity contribution < 1.29 is 4.74 Å². The summed E-state index contributed by atoms with van der Waals surface area (Å²) in [5, 5.41) is 7.22. The number of H-pyrrole nitrogens is 1. The summed E-state index contributed by atoms with van der Waals surface area (Å²) in [6.07, 6.45) is 1.85. The Balaban J connectivity index is 2.22. The van der Waals surface area contributed by atoms with Crippen molar-refractivity contribution in [1.82, 2.24) is 10.2 Å². The number of aryl methyl sites for hydroxylation is 2. The Morgan fingerprint density at radius 2 is 2.12 bits per heavy atom. The molecule has 0 atom stereocenters. The third-order valence-corrected chi connectivity index (χ3v) is 2.87. The number of aromatic nitrogens is 2. The van der Waals surface area contributed by atoms with E-state index in [0.717, 1.165) is 30.0 Å². The van der Waals surface area contributed by atoms with Crippen molar-refractivity contribution in [3.8, 4) is 5.75 Å². The molecule has 1 aromatic heterocycles. The molecule has 0 saturated carbocycles. The topological polar surface area (TPSA) is 37.9 Å². The Morgan fingerprint density at radius 1 is 1.29 bits per heavy atom. The van der Waals surface area contributed by atoms with E-state index in [1.165, 1.54) is 11.1 Å². The number of methoxy groups -OCH3 is 1. The molecule has 0 aliphatic heterocycles. The largest absolute Gasteiger partial charge is 0.496 e. The molecule has 0 saturated heterocycles. The van der Waals surface area contributed by atoms with Crippen LogP contribution in [0.1, 0.15) is 29.4 Å². The van der Waals surface area contributed by atoms with Gasteiger partial charge in [0, 0.05) is 12.1 Å². The lowest BCUT2D eigenvalue weighted by atomic mass is 10.0. The van der Waals surface area contributed by atoms with Crippen LogP contribution in [-0.2, 0) is 12.8 Å². The molecule has 90 valence electrons. The zero-order chi connectivity index (χ0) is 12.3. The lowest BCUT2D eigenvalue weighted by Crippen LogP contribution is -1.94. The first-order valence-corrected chi connectivity index (χ1v) is 5.89. The number of benzene rings is 1. The van der Waals surface area contributed by atoms with Gasteiger partial charge in [0.05, 0.1) is 12.8 Å². The fourth-order valence-electron chi connectivity index (χ4n) is 1.99. The Morgan fingerprint density at radius 3 is 2.71 bits per heavy atom. The Kier molecular flexibility index (Phi) is 3.47. The van der Waals surface area contributed by atoms with Crippen LogP contribution < -0.4 is 4.74 Å². The maximum Gasteiger partial charge on any atom is 0.122 e. The van der Waals surface area contributed by atoms with Crippen LogP contribution in [0.25, 0.3) is 0 Å². The predicted molar refractivity (Wildman–Crippen MR) is 68.5 cm³/mol. The van der Waals surface area contributed by atoms with Gasteiger partial charge in [-0.2, -0.15) is 5.10 Å². The highest BCUT2D eigenvalue weighted by Gasteiger charge is 2.05. The van der Waals surface area contributed by atoms with E-state index in [9.17, 15) is 0 Å². The second-order valence-corrected chi connectivity index (χ2v) is 4.22. The van der Waals surface area contributed by atoms with Gasteiger partial charge in [0.15, 0.2) is 0 Å². The number of nitrogens with zero attached hydrogens (tertiary/aromatic N) is 1. The molecule has 0 fully saturated rings. The lowest BCUT2D eigenvalue weighted by Gasteiger charge is -2.08. The number of ether oxygens (including phenoxy) is 1. The minimum Gasteiger partial charge on any atom is -0.496 e. The Hall–Kier alpha value is -1.77. The lowest BCUT2D eigenvalue weighted by molar-refractivity contribution is 0.410. The van der Waals surface area contributed by atoms with E-state index in [0.29, 0.717) is 0 Å². The van der Waals surface area contributed by atoms with Crippen LogP contribution in [0.15, 0.2) is 24.3 Å². The van der Waals surface area contributed by atoms with Crippen molar-refractivity contribution in [2.75, 3.05) is 7.11 Å². The van der Waals surface area contributed by atoms with Crippen LogP contribution in [0.5, 0.6) is 5.75 Å². The highest BCUT2D eigenvalue weighted by atomic mass is 16.5. The van der Waals surface area contributed by atoms with Gasteiger partial charge in [0.25, 0.3) is 0 Å². The fourth-order valence-corrected chi connectivity index (χ4v) is 1.99. The van der Waals surface area contributed by atoms with Gasteiger partial charge in [0.1, 0.15) is 5.75 Å². The third kappa shape index (κ3) is 2.67. The summed E-state index contributed by atoms with van der Waals surface area (Å²) >= 11 is 0. The number of hydrogen-bond acceptors (Lipinski definition) is 2. The molecule has 1 heterocycles. The molecule has 3 heteroatoms. The molecule has 3 nitrogen and oxygen atoms in total. The van der Waals surface area contributed by atoms with Gasteiger partial charge in [-0.05, 0) is 36.6 Å². The van der Waals surface area contributed by atoms with E-state index in [2.05, 4.69) is 35.3 Å². The normalized spacial score (nSPS) is 10.5. The van der Waals surface area contributed by atoms with Gasteiger partial charge in [-0.1, -0.05) is 19.1 Å². The summed E-state index contributed by atoms with van der Waals surface area (Å²) in [6.45, 7) is 4.16. The molecular formula is C14H18N2O. The first-order chi connectivity index (χ1) is 8.22. The third-order valence-electron chi connectivity index (χ3n) is 2.87. The maximum absolute atomic E-state index is 5.32. The number of aromatic amines is 1. The smallest absolute Gasteiger partial charge is 0.122 e. The molecule has 1 aromatic carbocycles. The highest BCUT2D eigenvalue weighted by molar-refractivity contribution is 5.38. The summed E-state index contributed by atoms with van der Waals surface area (Å²) in [7, 11) is 1.71. The second kappa shape index (κ2) is 5.04. The van der Waals surface area contributed by atoms with Crippen molar-refractivity contribution in [3.05, 3.63) is 46.8 Å². The molecule has 0 aliphatic rings. The SMILES string of the molecule is CCc1cc(Cc2cc(C)[nH]n2)ccc1OC. The van der Waals surface area contributed by atoms with Crippen molar-refractivity contribution in [2.24, 2.45) is 0 Å². The first-order valence-electron chi connectivity index (χ1n) is 5.89. The van der Waals surface area contributed by atoms with E-state index < -0.39 is 0 Å². The molecule has 0 aliphatic carbocycles. The fraction of sp³-hybridized carbons (Fsp3) is 0.357. The van der Waals surface area contributed by atoms with E-state index in [4.69, 9.17) is 4.74 Å². The monoisotopic (exact) mass is 230 g/mol. The minimum absolute atomic E-state index is 0.862. The zero-order valence-electron chi connectivity index (χ0n) is 10.6. The second-order valence-electron chi connectivity index (χ2n) is 4.22. The quantitative estimate of drug-likeness (QED) is 0.877. The van der Waals surface area contributed by atoms with Crippen molar-refractivity contribution in [1.29, 1.82) is 0 Å². The molecule has 0 spiro atoms. The van der Waals surface area contributed by atoms with Gasteiger partial charge < -0.3 is 4.74 Å². The minimum atomic E-state index is 0.862. The average Bonchev–Trinajstić information content (AvgIpc) is 2.74. The molecule has 0 amide bonds. The summed E-state index contributed by atoms with van der Waals surface area (Å²) < 4.78 is 5.32. The molecular weight excluding hydrogens is 212 g/mol. The van der Waals surface area contributed by atoms with Crippen LogP contribution in [0.2, 0.25) is 0 Å². The van der Waals surface area contributed by atoms with Gasteiger partial charge in [-0.15, -0.1) is 0 Å². The van der Waals surface area contributed by atoms with E-state index in [-0.39, 0.29) is 0 Å². The molecule has 17 heavy (non-hydrogen) atoms. The molecule has 1 N–H and O–H groups in total. The number of rotatable bonds is 4. The van der Waals surface area contributed by atoms with Crippen LogP contribution in [0, 0.1) is 6.92 Å². The van der Waals surface area contributed by atoms with Crippen LogP contribution in [0.3, 0.4) is 0 Å². The van der Waals surface area contributed by atoms with Gasteiger partial charge in [-0.3, -0.25) is 5.10 Å². The zero-order valence-corrected chi connectivity index (χ0v) is 10.6. The standard InChI is InChI=1S/C14H18N2O/c1-4-12-8-11(5-6-14(12)17-3)9-13-7-10(2)15-16-13/h5-8H,4,9H2,1-3H3,(H,15,16). The molecule has 0 radical (unpaired) electrons. The highest BCUT2D eigenvalue weighted by Crippen LogP contribution is 2.21. The number of nitrogens with one attached hydrogen (secondary N) is 1. The van der Waals surface area contributed by atoms with E-state index in [1.807, 2.05) is 13.0 Å². The van der Waals surface area contributed by atoms with Crippen molar-refractivity contribution >= 4 is 0 Å². The summed E-state index contributed by atoms with van der Waals surface area (Å²) in [4.78, 5) is 0. The van der Waals surface area contributed by atoms with Gasteiger partial charge >= 0.3 is 0 Å². The molecule has 0 unspecified atom stereocenters. The van der Waals surface area contributed by atoms with E-state index in [1.54, 1.807) is 7.11 Å². The number of hydrogen-bond donors (Lipinski definition) is 1. The average molecular weight is 230 g/mol. The summed E-state index contributed by atoms with van der Waals surface area (Å²) in [5.74, 6) is 0.967. The Labute approximate surface area is 102 Å². The predicted octanol–water partition coefficient (Wildman–Crippen LogP) is 2.88. The van der Waals surface area contributed by atoms with Crippen molar-refractivity contribution in [2.45, 2.75) is 26.7 Å². The van der Waals surface area contributed by atoms with Crippen molar-refractivity contribution in [3.63, 3.8) is 0 Å². The van der Waals surface area contributed by atoms with Crippen LogP contribution >= 0.6 is 0 Å². The van der Waals surface area contributed by atoms with Gasteiger partial charge in [-0.25, -0.2) is 0 Å². The molecule has 0 bridgehead atoms. The summed E-state index contributed by atoms with van der Waals surface area (Å²) in [5.41, 5.74) is 4.70. The van der Waals surface area contributed by atoms with Crippen LogP contribution in [-0.4, -0.2) is 17.3 Å². The van der Waals surface area contributed by atoms with E-state index >= 15 is 0 Å². The van der Waals surface area contributed by atoms with Crippen LogP contribution in [0.4, 0.5) is 0 Å². The first kappa shape index (κ1) is 11.7. The van der Waals surface area contributed by atoms with Gasteiger partial charge in [0.2, 0.25) is 0 Å².